The molecule has 0 aliphatic heterocycles. The largest absolute Gasteiger partial charge is 3.00 e. The Morgan fingerprint density at radius 3 is 0.429 bits per heavy atom. The molecule has 0 atom stereocenters. The van der Waals surface area contributed by atoms with E-state index in [9.17, 15) is 0 Å². The van der Waals surface area contributed by atoms with E-state index < -0.39 is 0 Å². The fraction of sp³-hybridized carbons (Fsp3) is 0. The van der Waals surface area contributed by atoms with E-state index in [0.29, 0.717) is 0 Å². The molecule has 0 aromatic heterocycles. The van der Waals surface area contributed by atoms with E-state index in [0.717, 1.165) is 0 Å². The number of rotatable bonds is 0. The first kappa shape index (κ1) is 85.4. The average molecular weight is 249 g/mol. The molecule has 14 heavy (non-hydrogen) atoms. The summed E-state index contributed by atoms with van der Waals surface area (Å²) in [5.74, 6) is 0. The standard InChI is InChI=1S/Co.3N3.4H2N/c;3*1-3-2;;;;/h;;;;4*1H2/q+3;7*-1. The topological polar surface area (TPSA) is 310 Å². The van der Waals surface area contributed by atoms with Gasteiger partial charge in [0.1, 0.15) is 0 Å². The second kappa shape index (κ2) is 731. The van der Waals surface area contributed by atoms with Crippen LogP contribution in [0.15, 0.2) is 0 Å². The first-order valence-corrected chi connectivity index (χ1v) is 1.20. The van der Waals surface area contributed by atoms with Gasteiger partial charge in [-0.2, -0.15) is 0 Å². The van der Waals surface area contributed by atoms with Gasteiger partial charge in [-0.05, 0) is 0 Å². The molecule has 0 unspecified atom stereocenters. The Morgan fingerprint density at radius 2 is 0.429 bits per heavy atom. The zero-order valence-corrected chi connectivity index (χ0v) is 7.71. The van der Waals surface area contributed by atoms with Gasteiger partial charge in [0.15, 0.2) is 0 Å². The summed E-state index contributed by atoms with van der Waals surface area (Å²) in [4.78, 5) is 4.50. The minimum atomic E-state index is 0. The Hall–Kier alpha value is -1.72. The van der Waals surface area contributed by atoms with E-state index >= 15 is 0 Å². The number of hydrogen-bond acceptors (Lipinski definition) is 0. The maximum atomic E-state index is 6.75. The van der Waals surface area contributed by atoms with Crippen molar-refractivity contribution in [1.29, 1.82) is 0 Å². The summed E-state index contributed by atoms with van der Waals surface area (Å²) in [7, 11) is 0. The van der Waals surface area contributed by atoms with Crippen LogP contribution in [0.5, 0.6) is 0 Å². The van der Waals surface area contributed by atoms with Crippen molar-refractivity contribution >= 4 is 0 Å². The molecule has 0 amide bonds. The molecule has 0 aromatic carbocycles. The van der Waals surface area contributed by atoms with Gasteiger partial charge in [-0.3, -0.25) is 14.7 Å². The van der Waals surface area contributed by atoms with Gasteiger partial charge in [-0.15, -0.1) is 0 Å². The molecule has 0 spiro atoms. The molecular formula is H8CoN13-4. The SMILES string of the molecule is [Co+3].[N-]=[N+]=[N-].[N-]=[N+]=[N-].[N-]=[N+]=[N-].[NH2-].[NH2-].[NH2-].[NH2-]. The molecule has 0 fully saturated rings. The van der Waals surface area contributed by atoms with Crippen LogP contribution >= 0.6 is 0 Å². The molecule has 0 saturated carbocycles. The van der Waals surface area contributed by atoms with Crippen LogP contribution in [0.4, 0.5) is 0 Å². The Labute approximate surface area is 90.0 Å². The second-order valence-electron chi connectivity index (χ2n) is 0.268. The normalized spacial score (nSPS) is 1.71. The van der Waals surface area contributed by atoms with Crippen molar-refractivity contribution in [1.82, 2.24) is 0 Å². The second-order valence-corrected chi connectivity index (χ2v) is 0.268. The maximum Gasteiger partial charge on any atom is 3.00 e. The number of nitrogens with zero attached hydrogens (tertiary/aromatic N) is 9. The van der Waals surface area contributed by atoms with Crippen molar-refractivity contribution in [3.8, 4) is 0 Å². The Kier molecular flexibility index (Phi) is 4460. The number of hydrogen-bond donors (Lipinski definition) is 0. The van der Waals surface area contributed by atoms with Crippen LogP contribution in [-0.4, -0.2) is 0 Å². The van der Waals surface area contributed by atoms with Gasteiger partial charge in [0.25, 0.3) is 0 Å². The van der Waals surface area contributed by atoms with Crippen LogP contribution in [0.25, 0.3) is 72.5 Å². The summed E-state index contributed by atoms with van der Waals surface area (Å²) in [5, 5.41) is 0. The summed E-state index contributed by atoms with van der Waals surface area (Å²) in [6.45, 7) is 0. The Bertz CT molecular complexity index is 96.8. The molecule has 0 bridgehead atoms. The average Bonchev–Trinajstić information content (AvgIpc) is 1.70. The Balaban J connectivity index is -0.00000000545. The quantitative estimate of drug-likeness (QED) is 0.292. The first-order chi connectivity index (χ1) is 4.24. The van der Waals surface area contributed by atoms with Crippen LogP contribution in [0.1, 0.15) is 0 Å². The van der Waals surface area contributed by atoms with Crippen molar-refractivity contribution in [3.63, 3.8) is 0 Å². The fourth-order valence-corrected chi connectivity index (χ4v) is 0. The van der Waals surface area contributed by atoms with Crippen molar-refractivity contribution in [2.45, 2.75) is 0 Å². The Morgan fingerprint density at radius 1 is 0.429 bits per heavy atom. The first-order valence-electron chi connectivity index (χ1n) is 1.20. The summed E-state index contributed by atoms with van der Waals surface area (Å²) in [6.07, 6.45) is 0. The third kappa shape index (κ3) is 298. The molecule has 8 N–H and O–H groups in total. The maximum absolute atomic E-state index is 6.75. The van der Waals surface area contributed by atoms with Gasteiger partial charge >= 0.3 is 16.8 Å². The van der Waals surface area contributed by atoms with E-state index in [1.54, 1.807) is 0 Å². The molecule has 0 rings (SSSR count). The molecule has 13 nitrogen and oxygen atoms in total. The summed E-state index contributed by atoms with van der Waals surface area (Å²) in [6, 6.07) is 0. The smallest absolute Gasteiger partial charge is 0.693 e. The zero-order chi connectivity index (χ0) is 8.12. The van der Waals surface area contributed by atoms with Crippen LogP contribution < -0.4 is 0 Å². The van der Waals surface area contributed by atoms with Gasteiger partial charge in [0.2, 0.25) is 0 Å². The monoisotopic (exact) mass is 249 g/mol. The molecular weight excluding hydrogens is 241 g/mol. The minimum absolute atomic E-state index is 0. The van der Waals surface area contributed by atoms with Gasteiger partial charge in [-0.1, -0.05) is 0 Å². The van der Waals surface area contributed by atoms with Gasteiger partial charge in [0, 0.05) is 0 Å². The zero-order valence-electron chi connectivity index (χ0n) is 6.67. The van der Waals surface area contributed by atoms with Gasteiger partial charge < -0.3 is 57.8 Å². The van der Waals surface area contributed by atoms with E-state index in [4.69, 9.17) is 33.2 Å². The predicted molar refractivity (Wildman–Crippen MR) is 51.4 cm³/mol. The molecule has 0 aliphatic rings. The molecule has 0 saturated heterocycles. The molecule has 0 heterocycles. The van der Waals surface area contributed by atoms with Crippen molar-refractivity contribution in [2.24, 2.45) is 0 Å². The van der Waals surface area contributed by atoms with Crippen LogP contribution in [0.3, 0.4) is 0 Å². The van der Waals surface area contributed by atoms with Crippen molar-refractivity contribution in [3.05, 3.63) is 72.5 Å². The van der Waals surface area contributed by atoms with Crippen LogP contribution in [-0.2, 0) is 16.8 Å². The van der Waals surface area contributed by atoms with Crippen molar-refractivity contribution < 1.29 is 16.8 Å². The summed E-state index contributed by atoms with van der Waals surface area (Å²) < 4.78 is 0. The molecule has 86 valence electrons. The minimum Gasteiger partial charge on any atom is -0.693 e. The van der Waals surface area contributed by atoms with E-state index in [1.165, 1.54) is 14.7 Å². The molecule has 0 radical (unpaired) electrons. The van der Waals surface area contributed by atoms with Crippen LogP contribution in [0, 0.1) is 0 Å². The van der Waals surface area contributed by atoms with Gasteiger partial charge in [-0.25, -0.2) is 0 Å². The van der Waals surface area contributed by atoms with E-state index in [2.05, 4.69) is 0 Å². The van der Waals surface area contributed by atoms with E-state index in [-0.39, 0.29) is 41.4 Å². The van der Waals surface area contributed by atoms with Gasteiger partial charge in [0.05, 0.1) is 0 Å². The third-order valence-corrected chi connectivity index (χ3v) is 0. The fourth-order valence-electron chi connectivity index (χ4n) is 0. The third-order valence-electron chi connectivity index (χ3n) is 0. The van der Waals surface area contributed by atoms with E-state index in [1.807, 2.05) is 0 Å². The van der Waals surface area contributed by atoms with Crippen molar-refractivity contribution in [2.75, 3.05) is 0 Å². The van der Waals surface area contributed by atoms with Crippen LogP contribution in [0.2, 0.25) is 0 Å². The molecule has 0 aliphatic carbocycles. The summed E-state index contributed by atoms with van der Waals surface area (Å²) >= 11 is 0. The molecule has 0 aromatic rings. The number of nitrogens with two attached hydrogens (primary N) is 4. The summed E-state index contributed by atoms with van der Waals surface area (Å²) in [5.41, 5.74) is 40.5. The predicted octanol–water partition coefficient (Wildman–Crippen LogP) is 5.46. The molecule has 14 heteroatoms.